The van der Waals surface area contributed by atoms with Crippen LogP contribution in [0.25, 0.3) is 0 Å². The smallest absolute Gasteiger partial charge is 0.146 e. The molecule has 20 heavy (non-hydrogen) atoms. The molecule has 3 heteroatoms. The van der Waals surface area contributed by atoms with Gasteiger partial charge in [-0.2, -0.15) is 0 Å². The summed E-state index contributed by atoms with van der Waals surface area (Å²) in [6.45, 7) is 0. The van der Waals surface area contributed by atoms with E-state index in [1.807, 2.05) is 24.3 Å². The predicted octanol–water partition coefficient (Wildman–Crippen LogP) is 4.67. The molecule has 0 atom stereocenters. The Balaban J connectivity index is 1.96. The van der Waals surface area contributed by atoms with Gasteiger partial charge in [-0.05, 0) is 36.8 Å². The first-order valence-electron chi connectivity index (χ1n) is 7.14. The Morgan fingerprint density at radius 1 is 1.40 bits per heavy atom. The van der Waals surface area contributed by atoms with Crippen molar-refractivity contribution in [3.8, 4) is 18.1 Å². The van der Waals surface area contributed by atoms with E-state index in [2.05, 4.69) is 10.9 Å². The van der Waals surface area contributed by atoms with E-state index in [9.17, 15) is 0 Å². The number of rotatable bonds is 4. The summed E-state index contributed by atoms with van der Waals surface area (Å²) >= 11 is 1.71. The zero-order chi connectivity index (χ0) is 14.2. The van der Waals surface area contributed by atoms with Gasteiger partial charge in [0.05, 0.1) is 12.8 Å². The van der Waals surface area contributed by atoms with Gasteiger partial charge in [-0.3, -0.25) is 0 Å². The van der Waals surface area contributed by atoms with Crippen molar-refractivity contribution in [2.45, 2.75) is 32.1 Å². The van der Waals surface area contributed by atoms with Crippen LogP contribution < -0.4 is 4.74 Å². The van der Waals surface area contributed by atoms with Gasteiger partial charge in [0.1, 0.15) is 10.8 Å². The van der Waals surface area contributed by atoms with E-state index in [0.717, 1.165) is 28.2 Å². The van der Waals surface area contributed by atoms with Crippen molar-refractivity contribution in [2.75, 3.05) is 12.9 Å². The summed E-state index contributed by atoms with van der Waals surface area (Å²) in [5.41, 5.74) is 0.855. The number of terminal acetylenes is 1. The third-order valence-corrected chi connectivity index (χ3v) is 4.71. The van der Waals surface area contributed by atoms with Crippen LogP contribution in [0.3, 0.4) is 0 Å². The van der Waals surface area contributed by atoms with Crippen molar-refractivity contribution >= 4 is 22.5 Å². The van der Waals surface area contributed by atoms with E-state index < -0.39 is 0 Å². The fraction of sp³-hybridized carbons (Fsp3) is 0.471. The fourth-order valence-corrected chi connectivity index (χ4v) is 3.43. The Bertz CT molecular complexity index is 498. The molecule has 1 saturated carbocycles. The maximum atomic E-state index is 5.57. The lowest BCUT2D eigenvalue weighted by atomic mass is 9.91. The average molecular weight is 287 g/mol. The van der Waals surface area contributed by atoms with Crippen molar-refractivity contribution < 1.29 is 4.74 Å². The van der Waals surface area contributed by atoms with Crippen LogP contribution in [0.2, 0.25) is 0 Å². The summed E-state index contributed by atoms with van der Waals surface area (Å²) in [5.74, 6) is 5.40. The molecule has 2 nitrogen and oxygen atoms in total. The van der Waals surface area contributed by atoms with Crippen LogP contribution in [0.15, 0.2) is 29.3 Å². The molecule has 0 unspecified atom stereocenters. The molecule has 1 fully saturated rings. The standard InChI is InChI=1S/C17H21NOS/c1-3-17(20-13-14-8-5-4-6-9-14)18-15-10-7-11-16(12-15)19-2/h1,7,10-12,14H,4-6,8-9,13H2,2H3. The zero-order valence-electron chi connectivity index (χ0n) is 12.0. The zero-order valence-corrected chi connectivity index (χ0v) is 12.8. The number of ether oxygens (including phenoxy) is 1. The Hall–Kier alpha value is -1.40. The van der Waals surface area contributed by atoms with Crippen LogP contribution in [0, 0.1) is 18.3 Å². The molecule has 0 amide bonds. The minimum Gasteiger partial charge on any atom is -0.497 e. The minimum absolute atomic E-state index is 0.767. The fourth-order valence-electron chi connectivity index (χ4n) is 2.45. The molecule has 1 aliphatic carbocycles. The molecule has 0 bridgehead atoms. The van der Waals surface area contributed by atoms with E-state index in [4.69, 9.17) is 11.2 Å². The summed E-state index contributed by atoms with van der Waals surface area (Å²) in [5, 5.41) is 0.767. The third kappa shape index (κ3) is 4.61. The highest BCUT2D eigenvalue weighted by Crippen LogP contribution is 2.28. The van der Waals surface area contributed by atoms with E-state index >= 15 is 0 Å². The number of benzene rings is 1. The Morgan fingerprint density at radius 3 is 2.90 bits per heavy atom. The largest absolute Gasteiger partial charge is 0.497 e. The van der Waals surface area contributed by atoms with Crippen molar-refractivity contribution in [3.05, 3.63) is 24.3 Å². The highest BCUT2D eigenvalue weighted by Gasteiger charge is 2.14. The van der Waals surface area contributed by atoms with Gasteiger partial charge in [-0.15, -0.1) is 6.42 Å². The SMILES string of the molecule is C#CC(=Nc1cccc(OC)c1)SCC1CCCCC1. The van der Waals surface area contributed by atoms with E-state index in [-0.39, 0.29) is 0 Å². The van der Waals surface area contributed by atoms with Crippen LogP contribution in [0.4, 0.5) is 5.69 Å². The number of thioether (sulfide) groups is 1. The molecule has 0 heterocycles. The van der Waals surface area contributed by atoms with Gasteiger partial charge in [0, 0.05) is 11.8 Å². The van der Waals surface area contributed by atoms with E-state index in [0.29, 0.717) is 0 Å². The molecule has 0 radical (unpaired) electrons. The van der Waals surface area contributed by atoms with Crippen molar-refractivity contribution in [2.24, 2.45) is 10.9 Å². The van der Waals surface area contributed by atoms with Gasteiger partial charge in [-0.25, -0.2) is 4.99 Å². The molecule has 1 aromatic carbocycles. The van der Waals surface area contributed by atoms with Gasteiger partial charge < -0.3 is 4.74 Å². The number of methoxy groups -OCH3 is 1. The number of hydrogen-bond donors (Lipinski definition) is 0. The first kappa shape index (κ1) is 15.0. The van der Waals surface area contributed by atoms with Crippen LogP contribution in [0.1, 0.15) is 32.1 Å². The summed E-state index contributed by atoms with van der Waals surface area (Å²) in [6, 6.07) is 7.68. The van der Waals surface area contributed by atoms with Gasteiger partial charge in [0.25, 0.3) is 0 Å². The highest BCUT2D eigenvalue weighted by molar-refractivity contribution is 8.14. The predicted molar refractivity (Wildman–Crippen MR) is 88.0 cm³/mol. The molecule has 0 aliphatic heterocycles. The van der Waals surface area contributed by atoms with Crippen LogP contribution in [0.5, 0.6) is 5.75 Å². The Labute approximate surface area is 126 Å². The second-order valence-corrected chi connectivity index (χ2v) is 6.09. The van der Waals surface area contributed by atoms with Crippen molar-refractivity contribution in [1.29, 1.82) is 0 Å². The van der Waals surface area contributed by atoms with Crippen LogP contribution in [-0.2, 0) is 0 Å². The Morgan fingerprint density at radius 2 is 2.20 bits per heavy atom. The Kier molecular flexibility index (Phi) is 6.01. The summed E-state index contributed by atoms with van der Waals surface area (Å²) in [6.07, 6.45) is 12.4. The molecule has 1 aliphatic rings. The number of aliphatic imine (C=N–C) groups is 1. The summed E-state index contributed by atoms with van der Waals surface area (Å²) in [4.78, 5) is 4.53. The second-order valence-electron chi connectivity index (χ2n) is 5.08. The monoisotopic (exact) mass is 287 g/mol. The van der Waals surface area contributed by atoms with Crippen molar-refractivity contribution in [1.82, 2.24) is 0 Å². The molecule has 0 N–H and O–H groups in total. The summed E-state index contributed by atoms with van der Waals surface area (Å²) in [7, 11) is 1.66. The lowest BCUT2D eigenvalue weighted by Crippen LogP contribution is -2.09. The van der Waals surface area contributed by atoms with Gasteiger partial charge in [0.15, 0.2) is 0 Å². The van der Waals surface area contributed by atoms with Gasteiger partial charge in [-0.1, -0.05) is 37.1 Å². The first-order chi connectivity index (χ1) is 9.81. The molecule has 0 aromatic heterocycles. The molecule has 0 saturated heterocycles. The molecule has 106 valence electrons. The van der Waals surface area contributed by atoms with Crippen molar-refractivity contribution in [3.63, 3.8) is 0 Å². The van der Waals surface area contributed by atoms with Crippen LogP contribution in [-0.4, -0.2) is 17.9 Å². The molecule has 0 spiro atoms. The lowest BCUT2D eigenvalue weighted by Gasteiger charge is -2.20. The number of hydrogen-bond acceptors (Lipinski definition) is 3. The highest BCUT2D eigenvalue weighted by atomic mass is 32.2. The second kappa shape index (κ2) is 8.01. The minimum atomic E-state index is 0.767. The molecular weight excluding hydrogens is 266 g/mol. The lowest BCUT2D eigenvalue weighted by molar-refractivity contribution is 0.391. The maximum absolute atomic E-state index is 5.57. The third-order valence-electron chi connectivity index (χ3n) is 3.59. The summed E-state index contributed by atoms with van der Waals surface area (Å²) < 4.78 is 5.20. The number of nitrogens with zero attached hydrogens (tertiary/aromatic N) is 1. The topological polar surface area (TPSA) is 21.6 Å². The quantitative estimate of drug-likeness (QED) is 0.456. The van der Waals surface area contributed by atoms with E-state index in [1.54, 1.807) is 18.9 Å². The average Bonchev–Trinajstić information content (AvgIpc) is 2.52. The maximum Gasteiger partial charge on any atom is 0.146 e. The first-order valence-corrected chi connectivity index (χ1v) is 8.12. The van der Waals surface area contributed by atoms with Gasteiger partial charge >= 0.3 is 0 Å². The van der Waals surface area contributed by atoms with Crippen LogP contribution >= 0.6 is 11.8 Å². The molecular formula is C17H21NOS. The molecule has 2 rings (SSSR count). The van der Waals surface area contributed by atoms with Gasteiger partial charge in [0.2, 0.25) is 0 Å². The molecule has 1 aromatic rings. The van der Waals surface area contributed by atoms with E-state index in [1.165, 1.54) is 32.1 Å². The normalized spacial score (nSPS) is 16.7.